The first-order chi connectivity index (χ1) is 12.7. The lowest BCUT2D eigenvalue weighted by Gasteiger charge is -2.09. The molecule has 2 aromatic carbocycles. The van der Waals surface area contributed by atoms with Crippen molar-refractivity contribution in [3.8, 4) is 5.75 Å². The topological polar surface area (TPSA) is 85.4 Å². The van der Waals surface area contributed by atoms with Crippen molar-refractivity contribution < 1.29 is 14.3 Å². The molecule has 0 fully saturated rings. The van der Waals surface area contributed by atoms with E-state index in [0.717, 1.165) is 5.69 Å². The molecule has 0 atom stereocenters. The average Bonchev–Trinajstić information content (AvgIpc) is 2.68. The maximum atomic E-state index is 12.5. The van der Waals surface area contributed by atoms with Gasteiger partial charge in [-0.2, -0.15) is 0 Å². The Labute approximate surface area is 151 Å². The second kappa shape index (κ2) is 8.59. The summed E-state index contributed by atoms with van der Waals surface area (Å²) in [5.74, 6) is 1.06. The predicted molar refractivity (Wildman–Crippen MR) is 98.7 cm³/mol. The zero-order chi connectivity index (χ0) is 18.2. The van der Waals surface area contributed by atoms with Crippen LogP contribution >= 0.6 is 0 Å². The number of methoxy groups -OCH3 is 1. The molecular weight excluding hydrogens is 332 g/mol. The molecule has 7 heteroatoms. The predicted octanol–water partition coefficient (Wildman–Crippen LogP) is 3.46. The van der Waals surface area contributed by atoms with Gasteiger partial charge in [0.2, 0.25) is 0 Å². The third-order valence-electron chi connectivity index (χ3n) is 3.42. The van der Waals surface area contributed by atoms with Crippen molar-refractivity contribution >= 4 is 23.1 Å². The van der Waals surface area contributed by atoms with Gasteiger partial charge in [-0.15, -0.1) is 0 Å². The largest absolute Gasteiger partial charge is 0.468 e. The first-order valence-corrected chi connectivity index (χ1v) is 7.91. The Morgan fingerprint density at radius 2 is 1.92 bits per heavy atom. The van der Waals surface area contributed by atoms with Gasteiger partial charge in [0.25, 0.3) is 5.91 Å². The zero-order valence-corrected chi connectivity index (χ0v) is 14.2. The van der Waals surface area contributed by atoms with Crippen LogP contribution in [0.4, 0.5) is 17.2 Å². The van der Waals surface area contributed by atoms with Crippen molar-refractivity contribution in [2.45, 2.75) is 0 Å². The van der Waals surface area contributed by atoms with E-state index >= 15 is 0 Å². The van der Waals surface area contributed by atoms with Gasteiger partial charge in [-0.3, -0.25) is 9.78 Å². The summed E-state index contributed by atoms with van der Waals surface area (Å²) in [5, 5.41) is 5.96. The van der Waals surface area contributed by atoms with Crippen LogP contribution in [0, 0.1) is 0 Å². The van der Waals surface area contributed by atoms with Crippen molar-refractivity contribution in [1.82, 2.24) is 9.97 Å². The van der Waals surface area contributed by atoms with E-state index in [1.807, 2.05) is 6.07 Å². The average molecular weight is 350 g/mol. The molecule has 0 aliphatic rings. The zero-order valence-electron chi connectivity index (χ0n) is 14.2. The third-order valence-corrected chi connectivity index (χ3v) is 3.42. The van der Waals surface area contributed by atoms with Gasteiger partial charge in [-0.1, -0.05) is 6.07 Å². The number of anilines is 3. The minimum Gasteiger partial charge on any atom is -0.468 e. The van der Waals surface area contributed by atoms with E-state index in [2.05, 4.69) is 20.6 Å². The monoisotopic (exact) mass is 350 g/mol. The lowest BCUT2D eigenvalue weighted by atomic mass is 10.2. The molecule has 26 heavy (non-hydrogen) atoms. The highest BCUT2D eigenvalue weighted by atomic mass is 16.7. The molecule has 0 saturated carbocycles. The van der Waals surface area contributed by atoms with E-state index in [9.17, 15) is 4.79 Å². The number of benzene rings is 2. The van der Waals surface area contributed by atoms with Crippen LogP contribution in [0.5, 0.6) is 5.75 Å². The summed E-state index contributed by atoms with van der Waals surface area (Å²) in [6.07, 6.45) is 4.81. The molecule has 1 amide bonds. The summed E-state index contributed by atoms with van der Waals surface area (Å²) < 4.78 is 10.2. The van der Waals surface area contributed by atoms with Crippen LogP contribution in [0.15, 0.2) is 67.1 Å². The molecule has 0 spiro atoms. The SMILES string of the molecule is COCOc1ccc(NC(=O)c2cccc(Nc3cnccn3)c2)cc1. The van der Waals surface area contributed by atoms with Gasteiger partial charge in [0.05, 0.1) is 6.20 Å². The van der Waals surface area contributed by atoms with Crippen molar-refractivity contribution in [2.75, 3.05) is 24.5 Å². The third kappa shape index (κ3) is 4.78. The van der Waals surface area contributed by atoms with Crippen LogP contribution in [0.3, 0.4) is 0 Å². The molecular formula is C19H18N4O3. The highest BCUT2D eigenvalue weighted by Gasteiger charge is 2.07. The molecule has 0 aliphatic carbocycles. The van der Waals surface area contributed by atoms with E-state index in [1.54, 1.807) is 68.2 Å². The lowest BCUT2D eigenvalue weighted by Crippen LogP contribution is -2.12. The van der Waals surface area contributed by atoms with Crippen LogP contribution in [0.25, 0.3) is 0 Å². The van der Waals surface area contributed by atoms with Crippen LogP contribution in [-0.2, 0) is 4.74 Å². The Balaban J connectivity index is 1.65. The number of rotatable bonds is 7. The highest BCUT2D eigenvalue weighted by Crippen LogP contribution is 2.19. The quantitative estimate of drug-likeness (QED) is 0.635. The summed E-state index contributed by atoms with van der Waals surface area (Å²) in [5.41, 5.74) is 1.95. The number of amides is 1. The van der Waals surface area contributed by atoms with Gasteiger partial charge in [0.15, 0.2) is 6.79 Å². The van der Waals surface area contributed by atoms with Crippen molar-refractivity contribution in [2.24, 2.45) is 0 Å². The molecule has 7 nitrogen and oxygen atoms in total. The molecule has 0 aliphatic heterocycles. The Morgan fingerprint density at radius 3 is 2.65 bits per heavy atom. The van der Waals surface area contributed by atoms with Gasteiger partial charge < -0.3 is 20.1 Å². The minimum atomic E-state index is -0.210. The Hall–Kier alpha value is -3.45. The number of nitrogens with zero attached hydrogens (tertiary/aromatic N) is 2. The number of nitrogens with one attached hydrogen (secondary N) is 2. The Kier molecular flexibility index (Phi) is 5.74. The molecule has 1 heterocycles. The highest BCUT2D eigenvalue weighted by molar-refractivity contribution is 6.04. The molecule has 132 valence electrons. The fourth-order valence-electron chi connectivity index (χ4n) is 2.21. The van der Waals surface area contributed by atoms with Gasteiger partial charge in [-0.05, 0) is 42.5 Å². The maximum absolute atomic E-state index is 12.5. The maximum Gasteiger partial charge on any atom is 0.255 e. The molecule has 0 saturated heterocycles. The summed E-state index contributed by atoms with van der Waals surface area (Å²) in [6, 6.07) is 14.2. The Bertz CT molecular complexity index is 854. The minimum absolute atomic E-state index is 0.178. The second-order valence-corrected chi connectivity index (χ2v) is 5.33. The number of ether oxygens (including phenoxy) is 2. The fraction of sp³-hybridized carbons (Fsp3) is 0.105. The smallest absolute Gasteiger partial charge is 0.255 e. The van der Waals surface area contributed by atoms with Crippen LogP contribution in [-0.4, -0.2) is 29.8 Å². The fourth-order valence-corrected chi connectivity index (χ4v) is 2.21. The molecule has 0 radical (unpaired) electrons. The summed E-state index contributed by atoms with van der Waals surface area (Å²) >= 11 is 0. The van der Waals surface area contributed by atoms with Crippen molar-refractivity contribution in [3.63, 3.8) is 0 Å². The molecule has 1 aromatic heterocycles. The van der Waals surface area contributed by atoms with Gasteiger partial charge in [0.1, 0.15) is 11.6 Å². The van der Waals surface area contributed by atoms with Gasteiger partial charge >= 0.3 is 0 Å². The summed E-state index contributed by atoms with van der Waals surface area (Å²) in [4.78, 5) is 20.6. The van der Waals surface area contributed by atoms with E-state index in [4.69, 9.17) is 9.47 Å². The molecule has 3 rings (SSSR count). The first-order valence-electron chi connectivity index (χ1n) is 7.91. The van der Waals surface area contributed by atoms with E-state index in [-0.39, 0.29) is 12.7 Å². The first kappa shape index (κ1) is 17.4. The molecule has 0 unspecified atom stereocenters. The Morgan fingerprint density at radius 1 is 1.08 bits per heavy atom. The van der Waals surface area contributed by atoms with Crippen LogP contribution in [0.2, 0.25) is 0 Å². The number of aromatic nitrogens is 2. The molecule has 0 bridgehead atoms. The number of carbonyl (C=O) groups is 1. The van der Waals surface area contributed by atoms with Gasteiger partial charge in [0, 0.05) is 36.4 Å². The number of carbonyl (C=O) groups excluding carboxylic acids is 1. The van der Waals surface area contributed by atoms with E-state index < -0.39 is 0 Å². The molecule has 3 aromatic rings. The lowest BCUT2D eigenvalue weighted by molar-refractivity contribution is 0.0511. The van der Waals surface area contributed by atoms with Crippen LogP contribution in [0.1, 0.15) is 10.4 Å². The van der Waals surface area contributed by atoms with E-state index in [0.29, 0.717) is 22.8 Å². The molecule has 2 N–H and O–H groups in total. The van der Waals surface area contributed by atoms with Crippen molar-refractivity contribution in [1.29, 1.82) is 0 Å². The second-order valence-electron chi connectivity index (χ2n) is 5.33. The summed E-state index contributed by atoms with van der Waals surface area (Å²) in [7, 11) is 1.56. The van der Waals surface area contributed by atoms with Crippen molar-refractivity contribution in [3.05, 3.63) is 72.7 Å². The van der Waals surface area contributed by atoms with Crippen LogP contribution < -0.4 is 15.4 Å². The van der Waals surface area contributed by atoms with E-state index in [1.165, 1.54) is 0 Å². The summed E-state index contributed by atoms with van der Waals surface area (Å²) in [6.45, 7) is 0.178. The number of hydrogen-bond donors (Lipinski definition) is 2. The van der Waals surface area contributed by atoms with Gasteiger partial charge in [-0.25, -0.2) is 4.98 Å². The standard InChI is InChI=1S/C19H18N4O3/c1-25-13-26-17-7-5-15(6-8-17)23-19(24)14-3-2-4-16(11-14)22-18-12-20-9-10-21-18/h2-12H,13H2,1H3,(H,21,22)(H,23,24). The number of hydrogen-bond acceptors (Lipinski definition) is 6. The normalized spacial score (nSPS) is 10.2.